The van der Waals surface area contributed by atoms with E-state index >= 15 is 0 Å². The Bertz CT molecular complexity index is 636. The summed E-state index contributed by atoms with van der Waals surface area (Å²) in [6, 6.07) is 5.70. The van der Waals surface area contributed by atoms with Gasteiger partial charge in [0.15, 0.2) is 5.82 Å². The molecule has 0 radical (unpaired) electrons. The maximum atomic E-state index is 5.86. The smallest absolute Gasteiger partial charge is 0.164 e. The number of rotatable bonds is 6. The van der Waals surface area contributed by atoms with Gasteiger partial charge >= 0.3 is 0 Å². The Morgan fingerprint density at radius 2 is 2.19 bits per heavy atom. The van der Waals surface area contributed by atoms with E-state index in [1.807, 2.05) is 29.8 Å². The van der Waals surface area contributed by atoms with Crippen LogP contribution < -0.4 is 10.5 Å². The molecule has 0 saturated heterocycles. The minimum Gasteiger partial charge on any atom is -0.485 e. The van der Waals surface area contributed by atoms with Crippen molar-refractivity contribution in [1.29, 1.82) is 0 Å². The van der Waals surface area contributed by atoms with Crippen molar-refractivity contribution in [1.82, 2.24) is 14.8 Å². The molecule has 2 rings (SSSR count). The van der Waals surface area contributed by atoms with Crippen LogP contribution in [-0.2, 0) is 13.2 Å². The molecule has 0 aliphatic carbocycles. The van der Waals surface area contributed by atoms with Crippen molar-refractivity contribution in [2.45, 2.75) is 33.9 Å². The third-order valence-corrected chi connectivity index (χ3v) is 3.30. The first-order valence-electron chi connectivity index (χ1n) is 6.87. The van der Waals surface area contributed by atoms with Crippen LogP contribution in [0.1, 0.15) is 30.8 Å². The van der Waals surface area contributed by atoms with Gasteiger partial charge in [0.05, 0.1) is 0 Å². The number of hydrogen-bond donors (Lipinski definition) is 1. The number of aryl methyl sites for hydroxylation is 1. The van der Waals surface area contributed by atoms with Crippen LogP contribution in [0.5, 0.6) is 5.75 Å². The lowest BCUT2D eigenvalue weighted by atomic mass is 10.1. The maximum absolute atomic E-state index is 5.86. The van der Waals surface area contributed by atoms with Crippen molar-refractivity contribution in [2.75, 3.05) is 0 Å². The molecule has 1 heterocycles. The predicted octanol–water partition coefficient (Wildman–Crippen LogP) is 2.46. The number of ether oxygens (including phenoxy) is 1. The van der Waals surface area contributed by atoms with Gasteiger partial charge in [-0.3, -0.25) is 0 Å². The summed E-state index contributed by atoms with van der Waals surface area (Å²) < 4.78 is 7.73. The molecule has 0 unspecified atom stereocenters. The van der Waals surface area contributed by atoms with E-state index in [1.165, 1.54) is 0 Å². The second-order valence-electron chi connectivity index (χ2n) is 5.39. The molecule has 112 valence electrons. The molecular weight excluding hydrogens is 284 g/mol. The van der Waals surface area contributed by atoms with Crippen LogP contribution in [0.4, 0.5) is 0 Å². The van der Waals surface area contributed by atoms with Gasteiger partial charge in [0.25, 0.3) is 0 Å². The second kappa shape index (κ2) is 6.67. The third-order valence-electron chi connectivity index (χ3n) is 3.06. The van der Waals surface area contributed by atoms with E-state index in [1.54, 1.807) is 6.33 Å². The van der Waals surface area contributed by atoms with Crippen LogP contribution in [0.2, 0.25) is 0 Å². The molecule has 0 fully saturated rings. The molecule has 2 aromatic rings. The van der Waals surface area contributed by atoms with Crippen molar-refractivity contribution in [3.63, 3.8) is 0 Å². The number of hydrogen-bond acceptors (Lipinski definition) is 4. The number of aromatic nitrogens is 3. The van der Waals surface area contributed by atoms with Crippen LogP contribution in [0.3, 0.4) is 0 Å². The number of nitrogens with zero attached hydrogens (tertiary/aromatic N) is 3. The summed E-state index contributed by atoms with van der Waals surface area (Å²) >= 11 is 4.99. The Kier molecular flexibility index (Phi) is 4.90. The van der Waals surface area contributed by atoms with Gasteiger partial charge in [0.2, 0.25) is 0 Å². The van der Waals surface area contributed by atoms with Crippen LogP contribution >= 0.6 is 12.2 Å². The highest BCUT2D eigenvalue weighted by Crippen LogP contribution is 2.20. The van der Waals surface area contributed by atoms with Crippen LogP contribution in [0, 0.1) is 12.8 Å². The number of nitrogens with two attached hydrogens (primary N) is 1. The zero-order valence-electron chi connectivity index (χ0n) is 12.5. The molecule has 0 aliphatic rings. The van der Waals surface area contributed by atoms with Crippen LogP contribution in [0.15, 0.2) is 24.5 Å². The maximum Gasteiger partial charge on any atom is 0.164 e. The number of benzene rings is 1. The highest BCUT2D eigenvalue weighted by atomic mass is 32.1. The van der Waals surface area contributed by atoms with E-state index in [9.17, 15) is 0 Å². The molecule has 0 bridgehead atoms. The average molecular weight is 304 g/mol. The minimum atomic E-state index is 0.364. The second-order valence-corrected chi connectivity index (χ2v) is 5.83. The monoisotopic (exact) mass is 304 g/mol. The quantitative estimate of drug-likeness (QED) is 0.830. The van der Waals surface area contributed by atoms with Crippen molar-refractivity contribution in [2.24, 2.45) is 11.7 Å². The SMILES string of the molecule is Cc1ccc(C(N)=S)cc1OCc1ncnn1CC(C)C. The predicted molar refractivity (Wildman–Crippen MR) is 86.3 cm³/mol. The molecule has 0 aliphatic heterocycles. The van der Waals surface area contributed by atoms with E-state index in [4.69, 9.17) is 22.7 Å². The molecule has 1 aromatic heterocycles. The summed E-state index contributed by atoms with van der Waals surface area (Å²) in [6.07, 6.45) is 1.55. The van der Waals surface area contributed by atoms with Gasteiger partial charge in [-0.2, -0.15) is 5.10 Å². The summed E-state index contributed by atoms with van der Waals surface area (Å²) in [5, 5.41) is 4.22. The molecule has 2 N–H and O–H groups in total. The molecule has 0 saturated carbocycles. The molecule has 1 aromatic carbocycles. The Morgan fingerprint density at radius 1 is 1.43 bits per heavy atom. The van der Waals surface area contributed by atoms with Crippen molar-refractivity contribution in [3.8, 4) is 5.75 Å². The average Bonchev–Trinajstić information content (AvgIpc) is 2.84. The normalized spacial score (nSPS) is 10.9. The molecular formula is C15H20N4OS. The lowest BCUT2D eigenvalue weighted by molar-refractivity contribution is 0.281. The standard InChI is InChI=1S/C15H20N4OS/c1-10(2)7-19-14(17-9-18-19)8-20-13-6-12(15(16)21)5-4-11(13)3/h4-6,9-10H,7-8H2,1-3H3,(H2,16,21). The van der Waals surface area contributed by atoms with E-state index in [-0.39, 0.29) is 0 Å². The molecule has 21 heavy (non-hydrogen) atoms. The highest BCUT2D eigenvalue weighted by molar-refractivity contribution is 7.80. The largest absolute Gasteiger partial charge is 0.485 e. The topological polar surface area (TPSA) is 66.0 Å². The van der Waals surface area contributed by atoms with Crippen LogP contribution in [-0.4, -0.2) is 19.8 Å². The third kappa shape index (κ3) is 4.01. The molecule has 0 atom stereocenters. The fourth-order valence-electron chi connectivity index (χ4n) is 1.95. The van der Waals surface area contributed by atoms with Crippen molar-refractivity contribution >= 4 is 17.2 Å². The van der Waals surface area contributed by atoms with E-state index in [2.05, 4.69) is 23.9 Å². The lowest BCUT2D eigenvalue weighted by Gasteiger charge is -2.12. The molecule has 6 heteroatoms. The van der Waals surface area contributed by atoms with Crippen molar-refractivity contribution < 1.29 is 4.74 Å². The lowest BCUT2D eigenvalue weighted by Crippen LogP contribution is -2.13. The Labute approximate surface area is 130 Å². The summed E-state index contributed by atoms with van der Waals surface area (Å²) in [5.41, 5.74) is 7.48. The van der Waals surface area contributed by atoms with Gasteiger partial charge in [0.1, 0.15) is 23.7 Å². The zero-order valence-corrected chi connectivity index (χ0v) is 13.4. The first-order valence-corrected chi connectivity index (χ1v) is 7.28. The Morgan fingerprint density at radius 3 is 2.86 bits per heavy atom. The summed E-state index contributed by atoms with van der Waals surface area (Å²) in [5.74, 6) is 2.08. The fourth-order valence-corrected chi connectivity index (χ4v) is 2.08. The summed E-state index contributed by atoms with van der Waals surface area (Å²) in [6.45, 7) is 7.46. The Balaban J connectivity index is 2.11. The van der Waals surface area contributed by atoms with Gasteiger partial charge in [0, 0.05) is 12.1 Å². The van der Waals surface area contributed by atoms with Gasteiger partial charge in [-0.15, -0.1) is 0 Å². The van der Waals surface area contributed by atoms with Gasteiger partial charge in [-0.1, -0.05) is 38.2 Å². The summed E-state index contributed by atoms with van der Waals surface area (Å²) in [7, 11) is 0. The zero-order chi connectivity index (χ0) is 15.4. The van der Waals surface area contributed by atoms with Gasteiger partial charge in [-0.25, -0.2) is 9.67 Å². The van der Waals surface area contributed by atoms with Crippen LogP contribution in [0.25, 0.3) is 0 Å². The van der Waals surface area contributed by atoms with Gasteiger partial charge in [-0.05, 0) is 24.5 Å². The fraction of sp³-hybridized carbons (Fsp3) is 0.400. The molecule has 0 spiro atoms. The molecule has 5 nitrogen and oxygen atoms in total. The van der Waals surface area contributed by atoms with E-state index in [0.29, 0.717) is 17.5 Å². The van der Waals surface area contributed by atoms with Crippen molar-refractivity contribution in [3.05, 3.63) is 41.5 Å². The van der Waals surface area contributed by atoms with E-state index < -0.39 is 0 Å². The highest BCUT2D eigenvalue weighted by Gasteiger charge is 2.09. The number of thiocarbonyl (C=S) groups is 1. The first kappa shape index (κ1) is 15.4. The Hall–Kier alpha value is -1.95. The van der Waals surface area contributed by atoms with Gasteiger partial charge < -0.3 is 10.5 Å². The van der Waals surface area contributed by atoms with E-state index in [0.717, 1.165) is 29.2 Å². The molecule has 0 amide bonds. The summed E-state index contributed by atoms with van der Waals surface area (Å²) in [4.78, 5) is 4.61. The minimum absolute atomic E-state index is 0.364. The first-order chi connectivity index (χ1) is 9.97.